The van der Waals surface area contributed by atoms with Gasteiger partial charge in [0, 0.05) is 50.0 Å². The molecule has 0 unspecified atom stereocenters. The third kappa shape index (κ3) is 6.95. The number of ether oxygens (including phenoxy) is 2. The minimum absolute atomic E-state index is 0.330. The van der Waals surface area contributed by atoms with Crippen molar-refractivity contribution in [3.8, 4) is 0 Å². The Balaban J connectivity index is 1.87. The summed E-state index contributed by atoms with van der Waals surface area (Å²) < 4.78 is 11.0. The molecule has 26 heavy (non-hydrogen) atoms. The number of piperidine rings is 1. The first-order valence-electron chi connectivity index (χ1n) is 9.21. The molecule has 146 valence electrons. The third-order valence-corrected chi connectivity index (χ3v) is 4.92. The Kier molecular flexibility index (Phi) is 9.54. The van der Waals surface area contributed by atoms with Gasteiger partial charge in [-0.3, -0.25) is 0 Å². The van der Waals surface area contributed by atoms with Gasteiger partial charge in [0.05, 0.1) is 12.6 Å². The highest BCUT2D eigenvalue weighted by molar-refractivity contribution is 6.35. The van der Waals surface area contributed by atoms with Gasteiger partial charge in [-0.15, -0.1) is 0 Å². The molecule has 1 aliphatic heterocycles. The van der Waals surface area contributed by atoms with Crippen LogP contribution in [0.3, 0.4) is 0 Å². The summed E-state index contributed by atoms with van der Waals surface area (Å²) in [6.07, 6.45) is 3.30. The summed E-state index contributed by atoms with van der Waals surface area (Å²) in [6, 6.07) is 5.53. The van der Waals surface area contributed by atoms with Crippen LogP contribution in [0.5, 0.6) is 0 Å². The molecule has 2 rings (SSSR count). The van der Waals surface area contributed by atoms with Gasteiger partial charge in [-0.25, -0.2) is 4.99 Å². The van der Waals surface area contributed by atoms with Crippen molar-refractivity contribution >= 4 is 29.2 Å². The summed E-state index contributed by atoms with van der Waals surface area (Å²) in [5.74, 6) is 0.927. The van der Waals surface area contributed by atoms with Gasteiger partial charge in [0.2, 0.25) is 0 Å². The average molecular weight is 402 g/mol. The first-order valence-corrected chi connectivity index (χ1v) is 9.97. The number of nitrogens with one attached hydrogen (secondary N) is 1. The second-order valence-electron chi connectivity index (χ2n) is 6.31. The van der Waals surface area contributed by atoms with Gasteiger partial charge in [0.15, 0.2) is 5.96 Å². The number of hydrogen-bond donors (Lipinski definition) is 1. The van der Waals surface area contributed by atoms with Crippen molar-refractivity contribution in [1.29, 1.82) is 0 Å². The zero-order valence-corrected chi connectivity index (χ0v) is 17.2. The highest BCUT2D eigenvalue weighted by atomic mass is 35.5. The number of benzene rings is 1. The summed E-state index contributed by atoms with van der Waals surface area (Å²) >= 11 is 12.2. The van der Waals surface area contributed by atoms with E-state index in [9.17, 15) is 0 Å². The molecule has 1 aromatic carbocycles. The normalized spacial score (nSPS) is 16.2. The first-order chi connectivity index (χ1) is 12.6. The molecule has 0 saturated carbocycles. The standard InChI is InChI=1S/C19H29Cl2N3O2/c1-3-22-19(23-14-15-5-6-16(20)13-18(15)21)24-9-7-17(8-10-24)26-12-4-11-25-2/h5-6,13,17H,3-4,7-12,14H2,1-2H3,(H,22,23). The summed E-state index contributed by atoms with van der Waals surface area (Å²) in [6.45, 7) is 6.85. The predicted octanol–water partition coefficient (Wildman–Crippen LogP) is 3.98. The Morgan fingerprint density at radius 1 is 1.27 bits per heavy atom. The Hall–Kier alpha value is -1.01. The van der Waals surface area contributed by atoms with Crippen LogP contribution in [-0.2, 0) is 16.0 Å². The van der Waals surface area contributed by atoms with Crippen molar-refractivity contribution in [2.75, 3.05) is 40.0 Å². The lowest BCUT2D eigenvalue weighted by atomic mass is 10.1. The van der Waals surface area contributed by atoms with Gasteiger partial charge in [0.25, 0.3) is 0 Å². The summed E-state index contributed by atoms with van der Waals surface area (Å²) in [4.78, 5) is 7.05. The SMILES string of the molecule is CCNC(=NCc1ccc(Cl)cc1Cl)N1CCC(OCCCOC)CC1. The molecular weight excluding hydrogens is 373 g/mol. The lowest BCUT2D eigenvalue weighted by Crippen LogP contribution is -2.47. The molecule has 1 fully saturated rings. The number of guanidine groups is 1. The number of rotatable bonds is 8. The quantitative estimate of drug-likeness (QED) is 0.406. The Morgan fingerprint density at radius 3 is 2.69 bits per heavy atom. The van der Waals surface area contributed by atoms with Crippen LogP contribution in [0.1, 0.15) is 31.7 Å². The molecule has 1 saturated heterocycles. The van der Waals surface area contributed by atoms with E-state index in [0.717, 1.165) is 63.6 Å². The fourth-order valence-corrected chi connectivity index (χ4v) is 3.39. The van der Waals surface area contributed by atoms with Crippen molar-refractivity contribution in [3.05, 3.63) is 33.8 Å². The Labute approximate surface area is 166 Å². The highest BCUT2D eigenvalue weighted by Gasteiger charge is 2.21. The van der Waals surface area contributed by atoms with E-state index < -0.39 is 0 Å². The third-order valence-electron chi connectivity index (χ3n) is 4.34. The fraction of sp³-hybridized carbons (Fsp3) is 0.632. The molecule has 0 amide bonds. The van der Waals surface area contributed by atoms with Crippen LogP contribution in [0.15, 0.2) is 23.2 Å². The largest absolute Gasteiger partial charge is 0.385 e. The zero-order valence-electron chi connectivity index (χ0n) is 15.6. The van der Waals surface area contributed by atoms with E-state index in [0.29, 0.717) is 22.7 Å². The van der Waals surface area contributed by atoms with Gasteiger partial charge in [-0.05, 0) is 43.9 Å². The van der Waals surface area contributed by atoms with Crippen LogP contribution in [0.4, 0.5) is 0 Å². The molecule has 0 atom stereocenters. The Morgan fingerprint density at radius 2 is 2.04 bits per heavy atom. The lowest BCUT2D eigenvalue weighted by molar-refractivity contribution is 0.00990. The van der Waals surface area contributed by atoms with Gasteiger partial charge >= 0.3 is 0 Å². The number of hydrogen-bond acceptors (Lipinski definition) is 3. The molecule has 1 aliphatic rings. The predicted molar refractivity (Wildman–Crippen MR) is 108 cm³/mol. The molecule has 0 aliphatic carbocycles. The number of aliphatic imine (C=N–C) groups is 1. The maximum Gasteiger partial charge on any atom is 0.194 e. The summed E-state index contributed by atoms with van der Waals surface area (Å²) in [5, 5.41) is 4.67. The van der Waals surface area contributed by atoms with Crippen LogP contribution in [0, 0.1) is 0 Å². The van der Waals surface area contributed by atoms with Crippen molar-refractivity contribution in [1.82, 2.24) is 10.2 Å². The van der Waals surface area contributed by atoms with Crippen LogP contribution in [-0.4, -0.2) is 56.9 Å². The van der Waals surface area contributed by atoms with E-state index in [4.69, 9.17) is 37.7 Å². The van der Waals surface area contributed by atoms with Crippen molar-refractivity contribution in [2.45, 2.75) is 38.8 Å². The van der Waals surface area contributed by atoms with E-state index in [1.54, 1.807) is 13.2 Å². The molecule has 1 aromatic rings. The van der Waals surface area contributed by atoms with E-state index in [2.05, 4.69) is 17.1 Å². The maximum atomic E-state index is 6.25. The monoisotopic (exact) mass is 401 g/mol. The number of likely N-dealkylation sites (tertiary alicyclic amines) is 1. The Bertz CT molecular complexity index is 576. The minimum Gasteiger partial charge on any atom is -0.385 e. The van der Waals surface area contributed by atoms with Crippen LogP contribution in [0.25, 0.3) is 0 Å². The van der Waals surface area contributed by atoms with Crippen LogP contribution in [0.2, 0.25) is 10.0 Å². The molecule has 5 nitrogen and oxygen atoms in total. The van der Waals surface area contributed by atoms with E-state index in [-0.39, 0.29) is 0 Å². The van der Waals surface area contributed by atoms with Crippen molar-refractivity contribution in [3.63, 3.8) is 0 Å². The van der Waals surface area contributed by atoms with E-state index in [1.807, 2.05) is 12.1 Å². The molecular formula is C19H29Cl2N3O2. The first kappa shape index (κ1) is 21.3. The fourth-order valence-electron chi connectivity index (χ4n) is 2.92. The van der Waals surface area contributed by atoms with Crippen LogP contribution >= 0.6 is 23.2 Å². The highest BCUT2D eigenvalue weighted by Crippen LogP contribution is 2.22. The number of methoxy groups -OCH3 is 1. The average Bonchev–Trinajstić information content (AvgIpc) is 2.64. The maximum absolute atomic E-state index is 6.25. The molecule has 0 radical (unpaired) electrons. The van der Waals surface area contributed by atoms with Gasteiger partial charge < -0.3 is 19.7 Å². The molecule has 0 bridgehead atoms. The van der Waals surface area contributed by atoms with Gasteiger partial charge in [-0.2, -0.15) is 0 Å². The smallest absolute Gasteiger partial charge is 0.194 e. The second kappa shape index (κ2) is 11.7. The van der Waals surface area contributed by atoms with E-state index >= 15 is 0 Å². The summed E-state index contributed by atoms with van der Waals surface area (Å²) in [7, 11) is 1.72. The minimum atomic E-state index is 0.330. The lowest BCUT2D eigenvalue weighted by Gasteiger charge is -2.34. The number of nitrogens with zero attached hydrogens (tertiary/aromatic N) is 2. The zero-order chi connectivity index (χ0) is 18.8. The van der Waals surface area contributed by atoms with Gasteiger partial charge in [0.1, 0.15) is 0 Å². The molecule has 0 aromatic heterocycles. The van der Waals surface area contributed by atoms with Crippen LogP contribution < -0.4 is 5.32 Å². The molecule has 0 spiro atoms. The number of halogens is 2. The molecule has 7 heteroatoms. The van der Waals surface area contributed by atoms with Gasteiger partial charge in [-0.1, -0.05) is 29.3 Å². The van der Waals surface area contributed by atoms with E-state index in [1.165, 1.54) is 0 Å². The molecule has 1 heterocycles. The summed E-state index contributed by atoms with van der Waals surface area (Å²) in [5.41, 5.74) is 0.975. The second-order valence-corrected chi connectivity index (χ2v) is 7.15. The topological polar surface area (TPSA) is 46.1 Å². The van der Waals surface area contributed by atoms with Crippen molar-refractivity contribution in [2.24, 2.45) is 4.99 Å². The molecule has 1 N–H and O–H groups in total. The van der Waals surface area contributed by atoms with Crippen molar-refractivity contribution < 1.29 is 9.47 Å².